The summed E-state index contributed by atoms with van der Waals surface area (Å²) in [5.74, 6) is -0.737. The van der Waals surface area contributed by atoms with Crippen LogP contribution in [0.3, 0.4) is 0 Å². The lowest BCUT2D eigenvalue weighted by Gasteiger charge is -2.33. The minimum Gasteiger partial charge on any atom is -0.398 e. The normalized spacial score (nSPS) is 20.4. The van der Waals surface area contributed by atoms with Crippen LogP contribution in [0.1, 0.15) is 5.56 Å². The van der Waals surface area contributed by atoms with E-state index in [1.807, 2.05) is 0 Å². The van der Waals surface area contributed by atoms with Crippen LogP contribution in [0.4, 0.5) is 5.69 Å². The molecule has 1 aromatic rings. The number of rotatable bonds is 3. The fourth-order valence-corrected chi connectivity index (χ4v) is 4.64. The molecule has 0 aromatic heterocycles. The Kier molecular flexibility index (Phi) is 4.57. The van der Waals surface area contributed by atoms with Gasteiger partial charge < -0.3 is 16.2 Å². The smallest absolute Gasteiger partial charge is 0.244 e. The van der Waals surface area contributed by atoms with Gasteiger partial charge in [0.25, 0.3) is 0 Å². The number of primary amides is 1. The van der Waals surface area contributed by atoms with Crippen molar-refractivity contribution in [2.24, 2.45) is 5.73 Å². The summed E-state index contributed by atoms with van der Waals surface area (Å²) in [6, 6.07) is 2.08. The van der Waals surface area contributed by atoms with Crippen molar-refractivity contribution in [1.82, 2.24) is 4.31 Å². The number of benzene rings is 1. The van der Waals surface area contributed by atoms with Crippen molar-refractivity contribution >= 4 is 37.5 Å². The highest BCUT2D eigenvalue weighted by Crippen LogP contribution is 2.30. The molecule has 0 aliphatic carbocycles. The molecule has 21 heavy (non-hydrogen) atoms. The molecule has 1 aromatic carbocycles. The zero-order chi connectivity index (χ0) is 15.8. The molecule has 0 saturated carbocycles. The third kappa shape index (κ3) is 3.05. The first kappa shape index (κ1) is 16.2. The first-order valence-electron chi connectivity index (χ1n) is 6.19. The molecule has 7 nitrogen and oxygen atoms in total. The van der Waals surface area contributed by atoms with E-state index < -0.39 is 22.0 Å². The Bertz CT molecular complexity index is 677. The van der Waals surface area contributed by atoms with Crippen molar-refractivity contribution < 1.29 is 17.9 Å². The maximum absolute atomic E-state index is 12.8. The molecule has 9 heteroatoms. The summed E-state index contributed by atoms with van der Waals surface area (Å²) in [5, 5.41) is 0. The lowest BCUT2D eigenvalue weighted by atomic mass is 10.2. The Morgan fingerprint density at radius 1 is 1.48 bits per heavy atom. The van der Waals surface area contributed by atoms with Crippen molar-refractivity contribution in [1.29, 1.82) is 0 Å². The quantitative estimate of drug-likeness (QED) is 0.730. The number of morpholine rings is 1. The highest BCUT2D eigenvalue weighted by molar-refractivity contribution is 9.10. The van der Waals surface area contributed by atoms with Crippen LogP contribution < -0.4 is 11.5 Å². The van der Waals surface area contributed by atoms with Crippen LogP contribution in [0, 0.1) is 6.92 Å². The van der Waals surface area contributed by atoms with Gasteiger partial charge in [0.05, 0.1) is 18.1 Å². The minimum absolute atomic E-state index is 0.0445. The SMILES string of the molecule is Cc1c(N)cc(Br)cc1S(=O)(=O)N1CCOCC1C(N)=O. The van der Waals surface area contributed by atoms with Crippen LogP contribution in [-0.4, -0.2) is 44.4 Å². The van der Waals surface area contributed by atoms with Crippen LogP contribution in [0.25, 0.3) is 0 Å². The van der Waals surface area contributed by atoms with Crippen molar-refractivity contribution in [3.8, 4) is 0 Å². The molecule has 0 bridgehead atoms. The lowest BCUT2D eigenvalue weighted by Crippen LogP contribution is -2.54. The summed E-state index contributed by atoms with van der Waals surface area (Å²) >= 11 is 3.23. The van der Waals surface area contributed by atoms with Crippen molar-refractivity contribution in [2.45, 2.75) is 17.9 Å². The average Bonchev–Trinajstić information content (AvgIpc) is 2.42. The van der Waals surface area contributed by atoms with E-state index in [9.17, 15) is 13.2 Å². The van der Waals surface area contributed by atoms with Crippen LogP contribution in [0.15, 0.2) is 21.5 Å². The van der Waals surface area contributed by atoms with E-state index in [2.05, 4.69) is 15.9 Å². The maximum atomic E-state index is 12.8. The molecule has 1 fully saturated rings. The van der Waals surface area contributed by atoms with Gasteiger partial charge >= 0.3 is 0 Å². The second kappa shape index (κ2) is 5.91. The topological polar surface area (TPSA) is 116 Å². The summed E-state index contributed by atoms with van der Waals surface area (Å²) in [4.78, 5) is 11.5. The van der Waals surface area contributed by atoms with Crippen LogP contribution in [0.5, 0.6) is 0 Å². The van der Waals surface area contributed by atoms with E-state index in [0.29, 0.717) is 15.7 Å². The van der Waals surface area contributed by atoms with Gasteiger partial charge in [-0.3, -0.25) is 4.79 Å². The number of nitrogen functional groups attached to an aromatic ring is 1. The number of sulfonamides is 1. The summed E-state index contributed by atoms with van der Waals surface area (Å²) in [5.41, 5.74) is 11.9. The molecule has 1 saturated heterocycles. The first-order chi connectivity index (χ1) is 9.75. The van der Waals surface area contributed by atoms with Gasteiger partial charge in [-0.15, -0.1) is 0 Å². The van der Waals surface area contributed by atoms with E-state index in [1.54, 1.807) is 13.0 Å². The maximum Gasteiger partial charge on any atom is 0.244 e. The van der Waals surface area contributed by atoms with Gasteiger partial charge in [-0.05, 0) is 24.6 Å². The molecular formula is C12H16BrN3O4S. The van der Waals surface area contributed by atoms with Gasteiger partial charge in [-0.2, -0.15) is 4.31 Å². The summed E-state index contributed by atoms with van der Waals surface area (Å²) in [6.45, 7) is 1.86. The summed E-state index contributed by atoms with van der Waals surface area (Å²) < 4.78 is 32.4. The Balaban J connectivity index is 2.53. The van der Waals surface area contributed by atoms with Crippen LogP contribution >= 0.6 is 15.9 Å². The number of amides is 1. The third-order valence-electron chi connectivity index (χ3n) is 3.36. The fourth-order valence-electron chi connectivity index (χ4n) is 2.17. The van der Waals surface area contributed by atoms with Gasteiger partial charge in [0, 0.05) is 16.7 Å². The number of hydrogen-bond donors (Lipinski definition) is 2. The molecule has 2 rings (SSSR count). The van der Waals surface area contributed by atoms with E-state index in [4.69, 9.17) is 16.2 Å². The molecule has 0 spiro atoms. The third-order valence-corrected chi connectivity index (χ3v) is 5.85. The standard InChI is InChI=1S/C12H16BrN3O4S/c1-7-9(14)4-8(13)5-11(7)21(18,19)16-2-3-20-6-10(16)12(15)17/h4-5,10H,2-3,6,14H2,1H3,(H2,15,17). The lowest BCUT2D eigenvalue weighted by molar-refractivity contribution is -0.125. The Hall–Kier alpha value is -1.16. The molecule has 0 radical (unpaired) electrons. The first-order valence-corrected chi connectivity index (χ1v) is 8.43. The molecule has 1 atom stereocenters. The van der Waals surface area contributed by atoms with E-state index in [1.165, 1.54) is 6.07 Å². The van der Waals surface area contributed by atoms with Gasteiger partial charge in [0.15, 0.2) is 0 Å². The molecule has 1 unspecified atom stereocenters. The largest absolute Gasteiger partial charge is 0.398 e. The van der Waals surface area contributed by atoms with Gasteiger partial charge in [0.1, 0.15) is 6.04 Å². The molecule has 116 valence electrons. The summed E-state index contributed by atoms with van der Waals surface area (Å²) in [7, 11) is -3.89. The number of nitrogens with two attached hydrogens (primary N) is 2. The average molecular weight is 378 g/mol. The molecule has 1 aliphatic rings. The number of ether oxygens (including phenoxy) is 1. The number of nitrogens with zero attached hydrogens (tertiary/aromatic N) is 1. The van der Waals surface area contributed by atoms with Crippen molar-refractivity contribution in [3.63, 3.8) is 0 Å². The molecule has 1 aliphatic heterocycles. The van der Waals surface area contributed by atoms with Gasteiger partial charge in [0.2, 0.25) is 15.9 Å². The minimum atomic E-state index is -3.89. The van der Waals surface area contributed by atoms with Crippen LogP contribution in [-0.2, 0) is 19.6 Å². The predicted molar refractivity (Wildman–Crippen MR) is 81.0 cm³/mol. The van der Waals surface area contributed by atoms with E-state index in [0.717, 1.165) is 4.31 Å². The Labute approximate surface area is 131 Å². The van der Waals surface area contributed by atoms with Gasteiger partial charge in [-0.1, -0.05) is 15.9 Å². The second-order valence-electron chi connectivity index (χ2n) is 4.73. The highest BCUT2D eigenvalue weighted by Gasteiger charge is 2.38. The van der Waals surface area contributed by atoms with Crippen LogP contribution in [0.2, 0.25) is 0 Å². The zero-order valence-electron chi connectivity index (χ0n) is 11.4. The number of hydrogen-bond acceptors (Lipinski definition) is 5. The molecule has 4 N–H and O–H groups in total. The predicted octanol–water partition coefficient (Wildman–Crippen LogP) is 0.215. The molecular weight excluding hydrogens is 362 g/mol. The highest BCUT2D eigenvalue weighted by atomic mass is 79.9. The van der Waals surface area contributed by atoms with Crippen molar-refractivity contribution in [2.75, 3.05) is 25.5 Å². The van der Waals surface area contributed by atoms with E-state index >= 15 is 0 Å². The zero-order valence-corrected chi connectivity index (χ0v) is 13.8. The Morgan fingerprint density at radius 2 is 2.14 bits per heavy atom. The van der Waals surface area contributed by atoms with E-state index in [-0.39, 0.29) is 24.7 Å². The van der Waals surface area contributed by atoms with Gasteiger partial charge in [-0.25, -0.2) is 8.42 Å². The Morgan fingerprint density at radius 3 is 2.76 bits per heavy atom. The van der Waals surface area contributed by atoms with Crippen molar-refractivity contribution in [3.05, 3.63) is 22.2 Å². The number of carbonyl (C=O) groups excluding carboxylic acids is 1. The fraction of sp³-hybridized carbons (Fsp3) is 0.417. The summed E-state index contributed by atoms with van der Waals surface area (Å²) in [6.07, 6.45) is 0. The number of carbonyl (C=O) groups is 1. The molecule has 1 heterocycles. The number of halogens is 1. The monoisotopic (exact) mass is 377 g/mol. The number of anilines is 1. The second-order valence-corrected chi connectivity index (χ2v) is 7.50. The molecule has 1 amide bonds.